The zero-order chi connectivity index (χ0) is 12.3. The smallest absolute Gasteiger partial charge is 0.315 e. The molecule has 1 amide bonds. The summed E-state index contributed by atoms with van der Waals surface area (Å²) in [6.45, 7) is 0. The van der Waals surface area contributed by atoms with E-state index in [0.717, 1.165) is 10.6 Å². The van der Waals surface area contributed by atoms with Crippen LogP contribution in [0.5, 0.6) is 0 Å². The summed E-state index contributed by atoms with van der Waals surface area (Å²) < 4.78 is 24.0. The molecule has 0 radical (unpaired) electrons. The first kappa shape index (κ1) is 11.7. The molecule has 0 spiro atoms. The van der Waals surface area contributed by atoms with Crippen LogP contribution in [0, 0.1) is 0 Å². The minimum atomic E-state index is -3.01. The molecule has 0 unspecified atom stereocenters. The Kier molecular flexibility index (Phi) is 3.43. The Hall–Kier alpha value is -1.82. The second-order valence-corrected chi connectivity index (χ2v) is 4.10. The lowest BCUT2D eigenvalue weighted by molar-refractivity contribution is -0.126. The highest BCUT2D eigenvalue weighted by Gasteiger charge is 2.14. The molecule has 2 aromatic rings. The second kappa shape index (κ2) is 5.01. The summed E-state index contributed by atoms with van der Waals surface area (Å²) in [5.41, 5.74) is 1.23. The first-order chi connectivity index (χ1) is 8.16. The van der Waals surface area contributed by atoms with Crippen LogP contribution in [-0.4, -0.2) is 17.3 Å². The number of aromatic nitrogens is 1. The molecule has 0 aliphatic heterocycles. The number of carbonyl (C=O) groups excluding carboxylic acids is 1. The highest BCUT2D eigenvalue weighted by atomic mass is 32.1. The molecule has 17 heavy (non-hydrogen) atoms. The zero-order valence-corrected chi connectivity index (χ0v) is 9.38. The summed E-state index contributed by atoms with van der Waals surface area (Å²) in [5, 5.41) is 4.80. The Balaban J connectivity index is 2.11. The van der Waals surface area contributed by atoms with E-state index < -0.39 is 12.3 Å². The molecule has 0 aliphatic rings. The molecule has 0 saturated heterocycles. The molecular weight excluding hydrogens is 246 g/mol. The van der Waals surface area contributed by atoms with Crippen molar-refractivity contribution < 1.29 is 13.6 Å². The van der Waals surface area contributed by atoms with Gasteiger partial charge in [0.05, 0.1) is 0 Å². The van der Waals surface area contributed by atoms with Crippen molar-refractivity contribution >= 4 is 22.9 Å². The monoisotopic (exact) mass is 254 g/mol. The first-order valence-corrected chi connectivity index (χ1v) is 5.64. The number of benzene rings is 1. The largest absolute Gasteiger partial charge is 0.321 e. The number of halogens is 2. The van der Waals surface area contributed by atoms with Crippen LogP contribution in [0.15, 0.2) is 35.8 Å². The number of nitrogens with zero attached hydrogens (tertiary/aromatic N) is 1. The minimum Gasteiger partial charge on any atom is -0.321 e. The van der Waals surface area contributed by atoms with Crippen LogP contribution in [-0.2, 0) is 4.79 Å². The van der Waals surface area contributed by atoms with E-state index in [1.54, 1.807) is 30.5 Å². The highest BCUT2D eigenvalue weighted by Crippen LogP contribution is 2.23. The van der Waals surface area contributed by atoms with Gasteiger partial charge in [-0.15, -0.1) is 11.3 Å². The van der Waals surface area contributed by atoms with E-state index in [1.807, 2.05) is 5.38 Å². The summed E-state index contributed by atoms with van der Waals surface area (Å²) >= 11 is 1.48. The molecule has 1 aromatic heterocycles. The van der Waals surface area contributed by atoms with Gasteiger partial charge >= 0.3 is 6.43 Å². The van der Waals surface area contributed by atoms with E-state index in [0.29, 0.717) is 5.69 Å². The van der Waals surface area contributed by atoms with Crippen LogP contribution in [0.4, 0.5) is 14.5 Å². The normalized spacial score (nSPS) is 10.5. The van der Waals surface area contributed by atoms with E-state index in [9.17, 15) is 13.6 Å². The number of nitrogens with one attached hydrogen (secondary N) is 1. The average Bonchev–Trinajstić information content (AvgIpc) is 2.83. The zero-order valence-electron chi connectivity index (χ0n) is 8.56. The van der Waals surface area contributed by atoms with Gasteiger partial charge in [-0.3, -0.25) is 4.79 Å². The van der Waals surface area contributed by atoms with Gasteiger partial charge in [-0.05, 0) is 24.3 Å². The van der Waals surface area contributed by atoms with Crippen molar-refractivity contribution in [1.29, 1.82) is 0 Å². The molecule has 0 bridgehead atoms. The van der Waals surface area contributed by atoms with E-state index in [-0.39, 0.29) is 0 Å². The van der Waals surface area contributed by atoms with Crippen LogP contribution in [0.3, 0.4) is 0 Å². The van der Waals surface area contributed by atoms with Crippen LogP contribution < -0.4 is 5.32 Å². The van der Waals surface area contributed by atoms with Gasteiger partial charge in [0.25, 0.3) is 5.91 Å². The van der Waals surface area contributed by atoms with Gasteiger partial charge in [0, 0.05) is 22.8 Å². The standard InChI is InChI=1S/C11H8F2N2OS/c12-9(13)10(16)15-8-3-1-7(2-4-8)11-14-5-6-17-11/h1-6,9H,(H,15,16). The van der Waals surface area contributed by atoms with Gasteiger partial charge in [-0.1, -0.05) is 0 Å². The first-order valence-electron chi connectivity index (χ1n) is 4.76. The SMILES string of the molecule is O=C(Nc1ccc(-c2nccs2)cc1)C(F)F. The van der Waals surface area contributed by atoms with Crippen molar-refractivity contribution in [2.75, 3.05) is 5.32 Å². The van der Waals surface area contributed by atoms with E-state index in [4.69, 9.17) is 0 Å². The van der Waals surface area contributed by atoms with E-state index in [2.05, 4.69) is 10.3 Å². The minimum absolute atomic E-state index is 0.343. The molecule has 0 aliphatic carbocycles. The fourth-order valence-corrected chi connectivity index (χ4v) is 1.90. The molecule has 3 nitrogen and oxygen atoms in total. The molecule has 0 atom stereocenters. The third-order valence-corrected chi connectivity index (χ3v) is 2.85. The van der Waals surface area contributed by atoms with Gasteiger partial charge in [0.1, 0.15) is 5.01 Å². The van der Waals surface area contributed by atoms with Crippen LogP contribution in [0.25, 0.3) is 10.6 Å². The number of hydrogen-bond acceptors (Lipinski definition) is 3. The van der Waals surface area contributed by atoms with Crippen molar-refractivity contribution in [1.82, 2.24) is 4.98 Å². The number of amides is 1. The maximum Gasteiger partial charge on any atom is 0.315 e. The molecule has 6 heteroatoms. The van der Waals surface area contributed by atoms with Crippen LogP contribution >= 0.6 is 11.3 Å². The highest BCUT2D eigenvalue weighted by molar-refractivity contribution is 7.13. The van der Waals surface area contributed by atoms with Gasteiger partial charge < -0.3 is 5.32 Å². The molecule has 1 N–H and O–H groups in total. The molecule has 1 aromatic carbocycles. The number of alkyl halides is 2. The molecule has 2 rings (SSSR count). The van der Waals surface area contributed by atoms with Crippen molar-refractivity contribution in [3.63, 3.8) is 0 Å². The third kappa shape index (κ3) is 2.85. The van der Waals surface area contributed by atoms with Gasteiger partial charge in [0.2, 0.25) is 0 Å². The second-order valence-electron chi connectivity index (χ2n) is 3.20. The number of anilines is 1. The fraction of sp³-hybridized carbons (Fsp3) is 0.0909. The van der Waals surface area contributed by atoms with Crippen molar-refractivity contribution in [3.05, 3.63) is 35.8 Å². The summed E-state index contributed by atoms with van der Waals surface area (Å²) in [5.74, 6) is -1.30. The third-order valence-electron chi connectivity index (χ3n) is 2.03. The van der Waals surface area contributed by atoms with Crippen molar-refractivity contribution in [3.8, 4) is 10.6 Å². The Morgan fingerprint density at radius 2 is 2.00 bits per heavy atom. The molecule has 0 fully saturated rings. The number of carbonyl (C=O) groups is 1. The summed E-state index contributed by atoms with van der Waals surface area (Å²) in [6, 6.07) is 6.58. The Labute approximate surface area is 100 Å². The Bertz CT molecular complexity index is 497. The molecule has 1 heterocycles. The van der Waals surface area contributed by atoms with E-state index in [1.165, 1.54) is 11.3 Å². The fourth-order valence-electron chi connectivity index (χ4n) is 1.26. The maximum absolute atomic E-state index is 12.0. The summed E-state index contributed by atoms with van der Waals surface area (Å²) in [4.78, 5) is 14.9. The Morgan fingerprint density at radius 3 is 2.53 bits per heavy atom. The lowest BCUT2D eigenvalue weighted by atomic mass is 10.2. The maximum atomic E-state index is 12.0. The van der Waals surface area contributed by atoms with Gasteiger partial charge in [-0.2, -0.15) is 8.78 Å². The predicted molar refractivity (Wildman–Crippen MR) is 62.2 cm³/mol. The topological polar surface area (TPSA) is 42.0 Å². The predicted octanol–water partition coefficient (Wildman–Crippen LogP) is 3.01. The molecule has 88 valence electrons. The van der Waals surface area contributed by atoms with Gasteiger partial charge in [-0.25, -0.2) is 4.98 Å². The number of thiazole rings is 1. The van der Waals surface area contributed by atoms with Crippen LogP contribution in [0.1, 0.15) is 0 Å². The quantitative estimate of drug-likeness (QED) is 0.914. The van der Waals surface area contributed by atoms with Crippen molar-refractivity contribution in [2.45, 2.75) is 6.43 Å². The average molecular weight is 254 g/mol. The number of hydrogen-bond donors (Lipinski definition) is 1. The summed E-state index contributed by atoms with van der Waals surface area (Å²) in [6.07, 6.45) is -1.32. The molecule has 0 saturated carbocycles. The van der Waals surface area contributed by atoms with Crippen LogP contribution in [0.2, 0.25) is 0 Å². The van der Waals surface area contributed by atoms with E-state index >= 15 is 0 Å². The Morgan fingerprint density at radius 1 is 1.29 bits per heavy atom. The van der Waals surface area contributed by atoms with Gasteiger partial charge in [0.15, 0.2) is 0 Å². The van der Waals surface area contributed by atoms with Crippen molar-refractivity contribution in [2.24, 2.45) is 0 Å². The number of rotatable bonds is 3. The molecular formula is C11H8F2N2OS. The summed E-state index contributed by atoms with van der Waals surface area (Å²) in [7, 11) is 0. The lowest BCUT2D eigenvalue weighted by Crippen LogP contribution is -2.19. The lowest BCUT2D eigenvalue weighted by Gasteiger charge is -2.04.